The van der Waals surface area contributed by atoms with Crippen molar-refractivity contribution in [1.82, 2.24) is 15.0 Å². The van der Waals surface area contributed by atoms with Gasteiger partial charge in [-0.3, -0.25) is 4.79 Å². The first-order valence-electron chi connectivity index (χ1n) is 8.25. The first-order valence-corrected chi connectivity index (χ1v) is 8.25. The van der Waals surface area contributed by atoms with Gasteiger partial charge in [0, 0.05) is 25.6 Å². The number of hydrogen-bond acceptors (Lipinski definition) is 5. The second kappa shape index (κ2) is 7.30. The normalized spacial score (nSPS) is 11.6. The number of ketones is 1. The van der Waals surface area contributed by atoms with Crippen LogP contribution in [0.1, 0.15) is 22.4 Å². The number of hydrogen-bond donors (Lipinski definition) is 1. The van der Waals surface area contributed by atoms with Gasteiger partial charge in [0.1, 0.15) is 17.1 Å². The minimum atomic E-state index is -4.43. The number of anilines is 1. The summed E-state index contributed by atoms with van der Waals surface area (Å²) in [6.45, 7) is 1.76. The first kappa shape index (κ1) is 18.8. The summed E-state index contributed by atoms with van der Waals surface area (Å²) in [7, 11) is 1.73. The van der Waals surface area contributed by atoms with Gasteiger partial charge in [-0.2, -0.15) is 13.2 Å². The quantitative estimate of drug-likeness (QED) is 0.737. The molecule has 0 radical (unpaired) electrons. The van der Waals surface area contributed by atoms with Crippen LogP contribution in [0.4, 0.5) is 19.0 Å². The lowest BCUT2D eigenvalue weighted by molar-refractivity contribution is -0.137. The molecule has 0 amide bonds. The number of carbonyl (C=O) groups excluding carboxylic acids is 1. The number of nitrogens with one attached hydrogen (secondary N) is 1. The van der Waals surface area contributed by atoms with E-state index in [9.17, 15) is 18.0 Å². The number of nitrogens with zero attached hydrogens (tertiary/aromatic N) is 3. The molecule has 0 bridgehead atoms. The monoisotopic (exact) mass is 374 g/mol. The van der Waals surface area contributed by atoms with Gasteiger partial charge in [-0.05, 0) is 30.2 Å². The van der Waals surface area contributed by atoms with E-state index >= 15 is 0 Å². The van der Waals surface area contributed by atoms with Crippen LogP contribution in [0.2, 0.25) is 0 Å². The fourth-order valence-corrected chi connectivity index (χ4v) is 2.73. The Morgan fingerprint density at radius 2 is 1.93 bits per heavy atom. The number of pyridine rings is 1. The first-order chi connectivity index (χ1) is 12.8. The summed E-state index contributed by atoms with van der Waals surface area (Å²) in [5.41, 5.74) is 1.93. The van der Waals surface area contributed by atoms with E-state index in [0.29, 0.717) is 33.8 Å². The Kier molecular flexibility index (Phi) is 5.07. The van der Waals surface area contributed by atoms with Crippen LogP contribution in [0.3, 0.4) is 0 Å². The largest absolute Gasteiger partial charge is 0.416 e. The van der Waals surface area contributed by atoms with E-state index in [1.165, 1.54) is 12.1 Å². The van der Waals surface area contributed by atoms with Crippen LogP contribution < -0.4 is 5.32 Å². The van der Waals surface area contributed by atoms with Crippen LogP contribution in [0.15, 0.2) is 36.5 Å². The van der Waals surface area contributed by atoms with Crippen molar-refractivity contribution in [1.29, 1.82) is 0 Å². The molecule has 27 heavy (non-hydrogen) atoms. The summed E-state index contributed by atoms with van der Waals surface area (Å²) in [6, 6.07) is 6.57. The number of carbonyl (C=O) groups is 1. The lowest BCUT2D eigenvalue weighted by Crippen LogP contribution is -2.10. The number of Topliss-reactive ketones (excluding diaryl/α,β-unsaturated/α-hetero) is 1. The van der Waals surface area contributed by atoms with E-state index in [1.807, 2.05) is 0 Å². The second-order valence-electron chi connectivity index (χ2n) is 6.17. The third-order valence-corrected chi connectivity index (χ3v) is 4.13. The fourth-order valence-electron chi connectivity index (χ4n) is 2.73. The molecule has 3 aromatic rings. The minimum absolute atomic E-state index is 0.0699. The van der Waals surface area contributed by atoms with Gasteiger partial charge in [-0.15, -0.1) is 0 Å². The van der Waals surface area contributed by atoms with Crippen LogP contribution >= 0.6 is 0 Å². The standard InChI is InChI=1S/C19H17F3N4O/c1-11-13(9-16-18(25-11)26-17(23-2)10-24-16)8-15(27)7-12-4-3-5-14(6-12)19(20,21)22/h3-6,9-10H,7-8H2,1-2H3,(H,23,25,26). The maximum Gasteiger partial charge on any atom is 0.416 e. The number of aryl methyl sites for hydroxylation is 1. The maximum atomic E-state index is 12.8. The third kappa shape index (κ3) is 4.39. The molecule has 0 aliphatic rings. The smallest absolute Gasteiger partial charge is 0.372 e. The summed E-state index contributed by atoms with van der Waals surface area (Å²) in [5, 5.41) is 2.88. The summed E-state index contributed by atoms with van der Waals surface area (Å²) in [4.78, 5) is 25.3. The zero-order valence-electron chi connectivity index (χ0n) is 14.8. The van der Waals surface area contributed by atoms with Crippen LogP contribution in [0.25, 0.3) is 11.2 Å². The van der Waals surface area contributed by atoms with Gasteiger partial charge in [-0.25, -0.2) is 15.0 Å². The average Bonchev–Trinajstić information content (AvgIpc) is 2.61. The zero-order chi connectivity index (χ0) is 19.6. The fraction of sp³-hybridized carbons (Fsp3) is 0.263. The highest BCUT2D eigenvalue weighted by atomic mass is 19.4. The van der Waals surface area contributed by atoms with Crippen molar-refractivity contribution in [3.05, 3.63) is 58.9 Å². The van der Waals surface area contributed by atoms with Gasteiger partial charge >= 0.3 is 6.18 Å². The Labute approximate surface area is 153 Å². The van der Waals surface area contributed by atoms with Crippen LogP contribution in [-0.2, 0) is 23.8 Å². The molecule has 140 valence electrons. The number of fused-ring (bicyclic) bond motifs is 1. The SMILES string of the molecule is CNc1cnc2cc(CC(=O)Cc3cccc(C(F)(F)F)c3)c(C)nc2n1. The second-order valence-corrected chi connectivity index (χ2v) is 6.17. The highest BCUT2D eigenvalue weighted by Gasteiger charge is 2.30. The van der Waals surface area contributed by atoms with Crippen molar-refractivity contribution in [2.75, 3.05) is 12.4 Å². The molecule has 0 fully saturated rings. The molecule has 0 unspecified atom stereocenters. The Balaban J connectivity index is 1.79. The highest BCUT2D eigenvalue weighted by molar-refractivity contribution is 5.84. The number of aromatic nitrogens is 3. The predicted octanol–water partition coefficient (Wildman–Crippen LogP) is 3.75. The molecule has 3 rings (SSSR count). The summed E-state index contributed by atoms with van der Waals surface area (Å²) < 4.78 is 38.4. The Hall–Kier alpha value is -3.03. The molecule has 1 N–H and O–H groups in total. The number of benzene rings is 1. The molecule has 0 saturated carbocycles. The molecular formula is C19H17F3N4O. The van der Waals surface area contributed by atoms with Gasteiger partial charge in [0.15, 0.2) is 5.65 Å². The molecule has 5 nitrogen and oxygen atoms in total. The van der Waals surface area contributed by atoms with Crippen LogP contribution in [0, 0.1) is 6.92 Å². The third-order valence-electron chi connectivity index (χ3n) is 4.13. The average molecular weight is 374 g/mol. The van der Waals surface area contributed by atoms with E-state index in [1.54, 1.807) is 26.2 Å². The topological polar surface area (TPSA) is 67.8 Å². The Bertz CT molecular complexity index is 1000. The molecule has 0 aliphatic carbocycles. The Morgan fingerprint density at radius 1 is 1.15 bits per heavy atom. The van der Waals surface area contributed by atoms with E-state index in [-0.39, 0.29) is 18.6 Å². The van der Waals surface area contributed by atoms with Crippen molar-refractivity contribution in [3.8, 4) is 0 Å². The Morgan fingerprint density at radius 3 is 2.63 bits per heavy atom. The van der Waals surface area contributed by atoms with Gasteiger partial charge in [0.25, 0.3) is 0 Å². The molecule has 1 aromatic carbocycles. The van der Waals surface area contributed by atoms with Crippen molar-refractivity contribution in [2.45, 2.75) is 25.9 Å². The summed E-state index contributed by atoms with van der Waals surface area (Å²) in [6.07, 6.45) is -2.87. The molecule has 2 aromatic heterocycles. The number of alkyl halides is 3. The van der Waals surface area contributed by atoms with Crippen LogP contribution in [0.5, 0.6) is 0 Å². The predicted molar refractivity (Wildman–Crippen MR) is 95.5 cm³/mol. The number of halogens is 3. The van der Waals surface area contributed by atoms with Crippen molar-refractivity contribution in [3.63, 3.8) is 0 Å². The van der Waals surface area contributed by atoms with Gasteiger partial charge in [0.05, 0.1) is 11.8 Å². The molecule has 0 spiro atoms. The molecule has 0 saturated heterocycles. The van der Waals surface area contributed by atoms with E-state index in [2.05, 4.69) is 20.3 Å². The minimum Gasteiger partial charge on any atom is -0.372 e. The number of rotatable bonds is 5. The summed E-state index contributed by atoms with van der Waals surface area (Å²) in [5.74, 6) is 0.390. The van der Waals surface area contributed by atoms with Gasteiger partial charge in [0.2, 0.25) is 0 Å². The van der Waals surface area contributed by atoms with Crippen molar-refractivity contribution < 1.29 is 18.0 Å². The van der Waals surface area contributed by atoms with E-state index in [4.69, 9.17) is 0 Å². The molecule has 2 heterocycles. The highest BCUT2D eigenvalue weighted by Crippen LogP contribution is 2.29. The lowest BCUT2D eigenvalue weighted by Gasteiger charge is -2.09. The molecule has 8 heteroatoms. The van der Waals surface area contributed by atoms with Gasteiger partial charge in [-0.1, -0.05) is 18.2 Å². The van der Waals surface area contributed by atoms with Crippen molar-refractivity contribution in [2.24, 2.45) is 0 Å². The van der Waals surface area contributed by atoms with Crippen molar-refractivity contribution >= 4 is 22.8 Å². The lowest BCUT2D eigenvalue weighted by atomic mass is 10.0. The van der Waals surface area contributed by atoms with E-state index < -0.39 is 11.7 Å². The molecular weight excluding hydrogens is 357 g/mol. The zero-order valence-corrected chi connectivity index (χ0v) is 14.8. The molecule has 0 atom stereocenters. The van der Waals surface area contributed by atoms with Gasteiger partial charge < -0.3 is 5.32 Å². The maximum absolute atomic E-state index is 12.8. The van der Waals surface area contributed by atoms with Crippen LogP contribution in [-0.4, -0.2) is 27.8 Å². The van der Waals surface area contributed by atoms with E-state index in [0.717, 1.165) is 12.1 Å². The molecule has 0 aliphatic heterocycles. The summed E-state index contributed by atoms with van der Waals surface area (Å²) >= 11 is 0.